The van der Waals surface area contributed by atoms with Crippen LogP contribution in [0.4, 0.5) is 5.69 Å². The van der Waals surface area contributed by atoms with Crippen LogP contribution in [0.5, 0.6) is 23.0 Å². The van der Waals surface area contributed by atoms with Gasteiger partial charge in [-0.3, -0.25) is 9.59 Å². The average molecular weight is 402 g/mol. The van der Waals surface area contributed by atoms with Gasteiger partial charge in [0.25, 0.3) is 11.5 Å². The van der Waals surface area contributed by atoms with Gasteiger partial charge >= 0.3 is 0 Å². The number of fused-ring (bicyclic) bond motifs is 1. The first-order valence-corrected chi connectivity index (χ1v) is 9.46. The minimum Gasteiger partial charge on any atom is -0.496 e. The molecule has 0 bridgehead atoms. The zero-order chi connectivity index (χ0) is 21.0. The van der Waals surface area contributed by atoms with Crippen molar-refractivity contribution in [2.75, 3.05) is 33.8 Å². The van der Waals surface area contributed by atoms with E-state index in [4.69, 9.17) is 18.9 Å². The van der Waals surface area contributed by atoms with E-state index < -0.39 is 0 Å². The molecule has 0 aliphatic carbocycles. The highest BCUT2D eigenvalue weighted by Crippen LogP contribution is 2.40. The second-order valence-corrected chi connectivity index (χ2v) is 6.70. The monoisotopic (exact) mass is 402 g/mol. The van der Waals surface area contributed by atoms with Gasteiger partial charge in [-0.1, -0.05) is 6.42 Å². The molecule has 1 aliphatic rings. The molecule has 0 atom stereocenters. The predicted molar refractivity (Wildman–Crippen MR) is 109 cm³/mol. The maximum atomic E-state index is 13.2. The summed E-state index contributed by atoms with van der Waals surface area (Å²) in [4.78, 5) is 25.7. The van der Waals surface area contributed by atoms with Crippen LogP contribution in [0.25, 0.3) is 0 Å². The fourth-order valence-electron chi connectivity index (χ4n) is 3.67. The second kappa shape index (κ2) is 8.89. The molecule has 8 nitrogen and oxygen atoms in total. The Balaban J connectivity index is 2.05. The molecule has 29 heavy (non-hydrogen) atoms. The van der Waals surface area contributed by atoms with Crippen LogP contribution >= 0.6 is 0 Å². The molecule has 1 aromatic carbocycles. The van der Waals surface area contributed by atoms with Gasteiger partial charge in [0.1, 0.15) is 11.3 Å². The minimum absolute atomic E-state index is 0.150. The number of benzene rings is 1. The largest absolute Gasteiger partial charge is 0.496 e. The predicted octanol–water partition coefficient (Wildman–Crippen LogP) is 2.86. The molecule has 1 aromatic heterocycles. The maximum Gasteiger partial charge on any atom is 0.261 e. The molecular weight excluding hydrogens is 376 g/mol. The summed E-state index contributed by atoms with van der Waals surface area (Å²) in [5, 5.41) is 2.87. The van der Waals surface area contributed by atoms with E-state index in [1.165, 1.54) is 34.5 Å². The lowest BCUT2D eigenvalue weighted by Gasteiger charge is -2.18. The Morgan fingerprint density at radius 3 is 2.14 bits per heavy atom. The first kappa shape index (κ1) is 20.6. The molecule has 0 radical (unpaired) electrons. The van der Waals surface area contributed by atoms with E-state index in [-0.39, 0.29) is 17.2 Å². The number of aromatic nitrogens is 1. The summed E-state index contributed by atoms with van der Waals surface area (Å²) in [6.07, 6.45) is 3.48. The third kappa shape index (κ3) is 4.01. The van der Waals surface area contributed by atoms with Crippen LogP contribution in [0.1, 0.15) is 35.3 Å². The van der Waals surface area contributed by atoms with Crippen molar-refractivity contribution in [1.82, 2.24) is 4.57 Å². The molecule has 0 spiro atoms. The first-order valence-electron chi connectivity index (χ1n) is 9.46. The number of rotatable bonds is 6. The quantitative estimate of drug-likeness (QED) is 0.799. The van der Waals surface area contributed by atoms with Crippen LogP contribution in [0, 0.1) is 0 Å². The van der Waals surface area contributed by atoms with Crippen LogP contribution in [-0.4, -0.2) is 38.9 Å². The van der Waals surface area contributed by atoms with Crippen molar-refractivity contribution in [3.8, 4) is 23.0 Å². The van der Waals surface area contributed by atoms with Crippen molar-refractivity contribution >= 4 is 11.6 Å². The molecule has 1 amide bonds. The Morgan fingerprint density at radius 2 is 1.55 bits per heavy atom. The van der Waals surface area contributed by atoms with E-state index in [2.05, 4.69) is 5.32 Å². The highest BCUT2D eigenvalue weighted by atomic mass is 16.5. The van der Waals surface area contributed by atoms with Gasteiger partial charge in [-0.25, -0.2) is 0 Å². The summed E-state index contributed by atoms with van der Waals surface area (Å²) in [6.45, 7) is 0.600. The molecular formula is C21H26N2O6. The number of ether oxygens (including phenoxy) is 4. The summed E-state index contributed by atoms with van der Waals surface area (Å²) >= 11 is 0. The number of pyridine rings is 1. The second-order valence-electron chi connectivity index (χ2n) is 6.70. The van der Waals surface area contributed by atoms with E-state index in [0.29, 0.717) is 47.2 Å². The van der Waals surface area contributed by atoms with Gasteiger partial charge in [-0.15, -0.1) is 0 Å². The highest BCUT2D eigenvalue weighted by Gasteiger charge is 2.24. The van der Waals surface area contributed by atoms with Crippen LogP contribution in [0.15, 0.2) is 23.0 Å². The number of nitrogens with zero attached hydrogens (tertiary/aromatic N) is 1. The molecule has 3 rings (SSSR count). The number of anilines is 1. The standard InChI is InChI=1S/C21H26N2O6/c1-26-15-12-18(24)23-9-7-5-6-8-14(23)19(15)21(25)22-13-10-16(27-2)20(29-4)17(11-13)28-3/h10-12H,5-9H2,1-4H3,(H,22,25). The summed E-state index contributed by atoms with van der Waals surface area (Å²) in [6, 6.07) is 4.68. The van der Waals surface area contributed by atoms with Gasteiger partial charge in [0.05, 0.1) is 28.4 Å². The molecule has 0 fully saturated rings. The van der Waals surface area contributed by atoms with E-state index in [1.54, 1.807) is 16.7 Å². The van der Waals surface area contributed by atoms with Gasteiger partial charge < -0.3 is 28.8 Å². The number of carbonyl (C=O) groups is 1. The summed E-state index contributed by atoms with van der Waals surface area (Å²) in [7, 11) is 5.99. The van der Waals surface area contributed by atoms with Crippen LogP contribution < -0.4 is 29.8 Å². The van der Waals surface area contributed by atoms with Crippen molar-refractivity contribution in [3.63, 3.8) is 0 Å². The summed E-state index contributed by atoms with van der Waals surface area (Å²) < 4.78 is 23.1. The lowest BCUT2D eigenvalue weighted by molar-refractivity contribution is 0.102. The Labute approximate surface area is 169 Å². The molecule has 1 N–H and O–H groups in total. The van der Waals surface area contributed by atoms with Crippen LogP contribution in [0.2, 0.25) is 0 Å². The lowest BCUT2D eigenvalue weighted by atomic mass is 10.1. The Hall–Kier alpha value is -3.16. The van der Waals surface area contributed by atoms with Crippen LogP contribution in [0.3, 0.4) is 0 Å². The summed E-state index contributed by atoms with van der Waals surface area (Å²) in [5.74, 6) is 1.20. The number of methoxy groups -OCH3 is 4. The molecule has 156 valence electrons. The van der Waals surface area contributed by atoms with Gasteiger partial charge in [-0.2, -0.15) is 0 Å². The van der Waals surface area contributed by atoms with Gasteiger partial charge in [-0.05, 0) is 19.3 Å². The molecule has 1 aliphatic heterocycles. The maximum absolute atomic E-state index is 13.2. The highest BCUT2D eigenvalue weighted by molar-refractivity contribution is 6.07. The molecule has 2 heterocycles. The van der Waals surface area contributed by atoms with E-state index in [1.807, 2.05) is 0 Å². The van der Waals surface area contributed by atoms with Crippen LogP contribution in [-0.2, 0) is 13.0 Å². The zero-order valence-electron chi connectivity index (χ0n) is 17.2. The van der Waals surface area contributed by atoms with E-state index in [0.717, 1.165) is 19.3 Å². The van der Waals surface area contributed by atoms with Gasteiger partial charge in [0.2, 0.25) is 5.75 Å². The smallest absolute Gasteiger partial charge is 0.261 e. The Bertz CT molecular complexity index is 941. The molecule has 2 aromatic rings. The molecule has 0 saturated carbocycles. The first-order chi connectivity index (χ1) is 14.0. The fourth-order valence-corrected chi connectivity index (χ4v) is 3.67. The minimum atomic E-state index is -0.359. The third-order valence-electron chi connectivity index (χ3n) is 5.05. The fraction of sp³-hybridized carbons (Fsp3) is 0.429. The van der Waals surface area contributed by atoms with E-state index in [9.17, 15) is 9.59 Å². The van der Waals surface area contributed by atoms with Gasteiger partial charge in [0.15, 0.2) is 11.5 Å². The van der Waals surface area contributed by atoms with Crippen molar-refractivity contribution in [1.29, 1.82) is 0 Å². The Morgan fingerprint density at radius 1 is 0.897 bits per heavy atom. The summed E-state index contributed by atoms with van der Waals surface area (Å²) in [5.41, 5.74) is 1.41. The zero-order valence-corrected chi connectivity index (χ0v) is 17.2. The van der Waals surface area contributed by atoms with Crippen molar-refractivity contribution in [3.05, 3.63) is 39.8 Å². The Kier molecular flexibility index (Phi) is 6.31. The third-order valence-corrected chi connectivity index (χ3v) is 5.05. The normalized spacial score (nSPS) is 13.1. The molecule has 0 unspecified atom stereocenters. The van der Waals surface area contributed by atoms with E-state index >= 15 is 0 Å². The SMILES string of the molecule is COc1cc(NC(=O)c2c(OC)cc(=O)n3c2CCCCC3)cc(OC)c1OC. The molecule has 0 saturated heterocycles. The average Bonchev–Trinajstić information content (AvgIpc) is 2.99. The number of nitrogens with one attached hydrogen (secondary N) is 1. The van der Waals surface area contributed by atoms with Crippen molar-refractivity contribution in [2.24, 2.45) is 0 Å². The van der Waals surface area contributed by atoms with Gasteiger partial charge in [0, 0.05) is 36.1 Å². The lowest BCUT2D eigenvalue weighted by Crippen LogP contribution is -2.27. The number of amides is 1. The number of hydrogen-bond acceptors (Lipinski definition) is 6. The van der Waals surface area contributed by atoms with Crippen molar-refractivity contribution in [2.45, 2.75) is 32.2 Å². The topological polar surface area (TPSA) is 88.0 Å². The molecule has 8 heteroatoms. The number of carbonyl (C=O) groups excluding carboxylic acids is 1. The van der Waals surface area contributed by atoms with Crippen molar-refractivity contribution < 1.29 is 23.7 Å². The number of hydrogen-bond donors (Lipinski definition) is 1.